The molecule has 0 spiro atoms. The van der Waals surface area contributed by atoms with Crippen LogP contribution in [0.2, 0.25) is 0 Å². The number of rotatable bonds is 3. The number of hydrogen-bond acceptors (Lipinski definition) is 4. The predicted octanol–water partition coefficient (Wildman–Crippen LogP) is 2.32. The van der Waals surface area contributed by atoms with Gasteiger partial charge in [0.2, 0.25) is 0 Å². The van der Waals surface area contributed by atoms with Crippen molar-refractivity contribution in [3.8, 4) is 17.0 Å². The molecule has 1 atom stereocenters. The first-order chi connectivity index (χ1) is 11.6. The lowest BCUT2D eigenvalue weighted by molar-refractivity contribution is 0.0676. The highest BCUT2D eigenvalue weighted by Gasteiger charge is 2.23. The van der Waals surface area contributed by atoms with Gasteiger partial charge in [0, 0.05) is 18.7 Å². The third-order valence-corrected chi connectivity index (χ3v) is 4.28. The average molecular weight is 327 g/mol. The van der Waals surface area contributed by atoms with Crippen LogP contribution in [0.1, 0.15) is 30.3 Å². The average Bonchev–Trinajstić information content (AvgIpc) is 2.60. The van der Waals surface area contributed by atoms with Gasteiger partial charge in [0.05, 0.1) is 12.8 Å². The number of aromatic amines is 1. The highest BCUT2D eigenvalue weighted by Crippen LogP contribution is 2.22. The van der Waals surface area contributed by atoms with Crippen LogP contribution in [-0.4, -0.2) is 41.0 Å². The molecule has 6 nitrogen and oxygen atoms in total. The molecule has 1 unspecified atom stereocenters. The molecule has 1 aliphatic heterocycles. The second-order valence-corrected chi connectivity index (χ2v) is 6.22. The Bertz CT molecular complexity index is 800. The Morgan fingerprint density at radius 2 is 2.21 bits per heavy atom. The molecule has 6 heteroatoms. The first kappa shape index (κ1) is 16.2. The quantitative estimate of drug-likeness (QED) is 0.939. The van der Waals surface area contributed by atoms with Gasteiger partial charge in [-0.05, 0) is 37.0 Å². The Morgan fingerprint density at radius 1 is 1.38 bits per heavy atom. The van der Waals surface area contributed by atoms with Gasteiger partial charge in [-0.15, -0.1) is 0 Å². The number of methoxy groups -OCH3 is 1. The summed E-state index contributed by atoms with van der Waals surface area (Å²) < 4.78 is 5.20. The van der Waals surface area contributed by atoms with Crippen molar-refractivity contribution in [3.63, 3.8) is 0 Å². The summed E-state index contributed by atoms with van der Waals surface area (Å²) >= 11 is 0. The molecule has 0 aliphatic carbocycles. The number of ether oxygens (including phenoxy) is 1. The van der Waals surface area contributed by atoms with Crippen LogP contribution in [0.4, 0.5) is 0 Å². The topological polar surface area (TPSA) is 75.3 Å². The SMILES string of the molecule is COc1cccc(-c2cc(C(=O)N3CCCC(C)C3)[nH]c(=O)n2)c1. The number of amides is 1. The zero-order chi connectivity index (χ0) is 17.1. The number of benzene rings is 1. The highest BCUT2D eigenvalue weighted by molar-refractivity contribution is 5.93. The molecule has 3 rings (SSSR count). The van der Waals surface area contributed by atoms with Gasteiger partial charge in [-0.3, -0.25) is 4.79 Å². The van der Waals surface area contributed by atoms with Crippen molar-refractivity contribution in [2.75, 3.05) is 20.2 Å². The van der Waals surface area contributed by atoms with E-state index in [9.17, 15) is 9.59 Å². The van der Waals surface area contributed by atoms with Gasteiger partial charge in [0.15, 0.2) is 0 Å². The Labute approximate surface area is 140 Å². The fourth-order valence-corrected chi connectivity index (χ4v) is 3.05. The normalized spacial score (nSPS) is 17.6. The molecule has 1 fully saturated rings. The number of piperidine rings is 1. The lowest BCUT2D eigenvalue weighted by atomic mass is 10.00. The van der Waals surface area contributed by atoms with Crippen LogP contribution in [0.3, 0.4) is 0 Å². The summed E-state index contributed by atoms with van der Waals surface area (Å²) in [6.45, 7) is 3.58. The minimum absolute atomic E-state index is 0.148. The smallest absolute Gasteiger partial charge is 0.346 e. The molecule has 1 saturated heterocycles. The summed E-state index contributed by atoms with van der Waals surface area (Å²) in [5.74, 6) is 1.01. The molecular weight excluding hydrogens is 306 g/mol. The van der Waals surface area contributed by atoms with E-state index < -0.39 is 5.69 Å². The summed E-state index contributed by atoms with van der Waals surface area (Å²) in [5.41, 5.74) is 0.957. The summed E-state index contributed by atoms with van der Waals surface area (Å²) in [7, 11) is 1.58. The molecule has 0 radical (unpaired) electrons. The predicted molar refractivity (Wildman–Crippen MR) is 91.1 cm³/mol. The molecular formula is C18H21N3O3. The van der Waals surface area contributed by atoms with E-state index in [0.29, 0.717) is 17.4 Å². The largest absolute Gasteiger partial charge is 0.497 e. The van der Waals surface area contributed by atoms with Crippen molar-refractivity contribution < 1.29 is 9.53 Å². The molecule has 126 valence electrons. The van der Waals surface area contributed by atoms with Gasteiger partial charge < -0.3 is 14.6 Å². The Balaban J connectivity index is 1.94. The van der Waals surface area contributed by atoms with E-state index >= 15 is 0 Å². The molecule has 0 saturated carbocycles. The lowest BCUT2D eigenvalue weighted by Gasteiger charge is -2.30. The molecule has 24 heavy (non-hydrogen) atoms. The maximum atomic E-state index is 12.7. The Kier molecular flexibility index (Phi) is 4.64. The minimum atomic E-state index is -0.524. The number of nitrogens with one attached hydrogen (secondary N) is 1. The molecule has 2 heterocycles. The van der Waals surface area contributed by atoms with Crippen molar-refractivity contribution in [1.82, 2.24) is 14.9 Å². The second kappa shape index (κ2) is 6.86. The summed E-state index contributed by atoms with van der Waals surface area (Å²) in [5, 5.41) is 0. The van der Waals surface area contributed by atoms with Gasteiger partial charge in [0.25, 0.3) is 5.91 Å². The third-order valence-electron chi connectivity index (χ3n) is 4.28. The van der Waals surface area contributed by atoms with Gasteiger partial charge in [-0.2, -0.15) is 4.98 Å². The molecule has 1 aromatic heterocycles. The van der Waals surface area contributed by atoms with Gasteiger partial charge in [0.1, 0.15) is 11.4 Å². The molecule has 1 N–H and O–H groups in total. The van der Waals surface area contributed by atoms with E-state index in [1.54, 1.807) is 24.1 Å². The number of hydrogen-bond donors (Lipinski definition) is 1. The number of nitrogens with zero attached hydrogens (tertiary/aromatic N) is 2. The number of carbonyl (C=O) groups is 1. The van der Waals surface area contributed by atoms with E-state index in [4.69, 9.17) is 4.74 Å². The minimum Gasteiger partial charge on any atom is -0.497 e. The number of aromatic nitrogens is 2. The van der Waals surface area contributed by atoms with Crippen molar-refractivity contribution in [2.24, 2.45) is 5.92 Å². The Hall–Kier alpha value is -2.63. The number of carbonyl (C=O) groups excluding carboxylic acids is 1. The van der Waals surface area contributed by atoms with Crippen LogP contribution in [0.25, 0.3) is 11.3 Å². The molecule has 2 aromatic rings. The van der Waals surface area contributed by atoms with E-state index in [1.165, 1.54) is 0 Å². The van der Waals surface area contributed by atoms with Crippen molar-refractivity contribution in [2.45, 2.75) is 19.8 Å². The lowest BCUT2D eigenvalue weighted by Crippen LogP contribution is -2.40. The maximum absolute atomic E-state index is 12.7. The first-order valence-corrected chi connectivity index (χ1v) is 8.12. The van der Waals surface area contributed by atoms with Crippen LogP contribution in [0, 0.1) is 5.92 Å². The van der Waals surface area contributed by atoms with E-state index in [-0.39, 0.29) is 11.6 Å². The summed E-state index contributed by atoms with van der Waals surface area (Å²) in [4.78, 5) is 33.0. The summed E-state index contributed by atoms with van der Waals surface area (Å²) in [6.07, 6.45) is 2.12. The molecule has 1 aliphatic rings. The van der Waals surface area contributed by atoms with Crippen LogP contribution in [-0.2, 0) is 0 Å². The Morgan fingerprint density at radius 3 is 2.96 bits per heavy atom. The monoisotopic (exact) mass is 327 g/mol. The molecule has 0 bridgehead atoms. The van der Waals surface area contributed by atoms with Crippen molar-refractivity contribution in [1.29, 1.82) is 0 Å². The highest BCUT2D eigenvalue weighted by atomic mass is 16.5. The fourth-order valence-electron chi connectivity index (χ4n) is 3.05. The maximum Gasteiger partial charge on any atom is 0.346 e. The number of likely N-dealkylation sites (tertiary alicyclic amines) is 1. The zero-order valence-corrected chi connectivity index (χ0v) is 13.9. The van der Waals surface area contributed by atoms with Crippen molar-refractivity contribution in [3.05, 3.63) is 46.5 Å². The second-order valence-electron chi connectivity index (χ2n) is 6.22. The van der Waals surface area contributed by atoms with Gasteiger partial charge in [-0.1, -0.05) is 19.1 Å². The van der Waals surface area contributed by atoms with E-state index in [0.717, 1.165) is 31.5 Å². The van der Waals surface area contributed by atoms with Gasteiger partial charge >= 0.3 is 5.69 Å². The first-order valence-electron chi connectivity index (χ1n) is 8.12. The van der Waals surface area contributed by atoms with Crippen LogP contribution in [0.5, 0.6) is 5.75 Å². The number of H-pyrrole nitrogens is 1. The van der Waals surface area contributed by atoms with Crippen LogP contribution >= 0.6 is 0 Å². The van der Waals surface area contributed by atoms with Crippen LogP contribution in [0.15, 0.2) is 35.1 Å². The van der Waals surface area contributed by atoms with Gasteiger partial charge in [-0.25, -0.2) is 4.79 Å². The molecule has 1 amide bonds. The third kappa shape index (κ3) is 3.48. The summed E-state index contributed by atoms with van der Waals surface area (Å²) in [6, 6.07) is 8.90. The standard InChI is InChI=1S/C18H21N3O3/c1-12-5-4-8-21(11-12)17(22)16-10-15(19-18(23)20-16)13-6-3-7-14(9-13)24-2/h3,6-7,9-10,12H,4-5,8,11H2,1-2H3,(H,19,20,23). The van der Waals surface area contributed by atoms with E-state index in [1.807, 2.05) is 18.2 Å². The van der Waals surface area contributed by atoms with Crippen LogP contribution < -0.4 is 10.4 Å². The van der Waals surface area contributed by atoms with Crippen molar-refractivity contribution >= 4 is 5.91 Å². The molecule has 1 aromatic carbocycles. The zero-order valence-electron chi connectivity index (χ0n) is 13.9. The van der Waals surface area contributed by atoms with E-state index in [2.05, 4.69) is 16.9 Å². The fraction of sp³-hybridized carbons (Fsp3) is 0.389.